The van der Waals surface area contributed by atoms with Crippen molar-refractivity contribution in [3.63, 3.8) is 0 Å². The molecule has 1 aliphatic heterocycles. The number of carbonyl (C=O) groups excluding carboxylic acids is 1. The van der Waals surface area contributed by atoms with Crippen molar-refractivity contribution < 1.29 is 9.90 Å². The Labute approximate surface area is 139 Å². The molecular weight excluding hydrogens is 312 g/mol. The number of anilines is 1. The normalized spacial score (nSPS) is 19.1. The summed E-state index contributed by atoms with van der Waals surface area (Å²) < 4.78 is 1.69. The average molecular weight is 334 g/mol. The first-order valence-corrected chi connectivity index (χ1v) is 8.72. The number of nitrogens with one attached hydrogen (secondary N) is 1. The van der Waals surface area contributed by atoms with Crippen LogP contribution in [-0.4, -0.2) is 38.4 Å². The Balaban J connectivity index is 1.64. The predicted molar refractivity (Wildman–Crippen MR) is 90.6 cm³/mol. The van der Waals surface area contributed by atoms with Crippen LogP contribution in [0.25, 0.3) is 0 Å². The molecule has 0 saturated carbocycles. The van der Waals surface area contributed by atoms with E-state index in [0.29, 0.717) is 6.42 Å². The van der Waals surface area contributed by atoms with Gasteiger partial charge >= 0.3 is 6.03 Å². The fraction of sp³-hybridized carbons (Fsp3) is 0.500. The lowest BCUT2D eigenvalue weighted by Gasteiger charge is -2.26. The minimum atomic E-state index is -0.506. The first kappa shape index (κ1) is 16.0. The largest absolute Gasteiger partial charge is 0.387 e. The SMILES string of the molecule is Cc1nn(C)cc1NC(=O)N1CCCC1CC(O)c1cccs1. The molecular formula is C16H22N4O2S. The summed E-state index contributed by atoms with van der Waals surface area (Å²) in [6.07, 6.45) is 3.79. The van der Waals surface area contributed by atoms with Crippen LogP contribution in [0.15, 0.2) is 23.7 Å². The van der Waals surface area contributed by atoms with Gasteiger partial charge in [0, 0.05) is 30.7 Å². The highest BCUT2D eigenvalue weighted by atomic mass is 32.1. The third kappa shape index (κ3) is 3.56. The van der Waals surface area contributed by atoms with E-state index in [9.17, 15) is 9.90 Å². The zero-order chi connectivity index (χ0) is 16.4. The standard InChI is InChI=1S/C16H22N4O2S/c1-11-13(10-19(2)18-11)17-16(22)20-7-3-5-12(20)9-14(21)15-6-4-8-23-15/h4,6,8,10,12,14,21H,3,5,7,9H2,1-2H3,(H,17,22). The number of thiophene rings is 1. The molecule has 2 aromatic rings. The van der Waals surface area contributed by atoms with Gasteiger partial charge in [-0.15, -0.1) is 11.3 Å². The van der Waals surface area contributed by atoms with Crippen LogP contribution < -0.4 is 5.32 Å². The molecule has 0 bridgehead atoms. The minimum Gasteiger partial charge on any atom is -0.387 e. The number of aliphatic hydroxyl groups excluding tert-OH is 1. The van der Waals surface area contributed by atoms with E-state index < -0.39 is 6.10 Å². The highest BCUT2D eigenvalue weighted by Crippen LogP contribution is 2.30. The molecule has 7 heteroatoms. The van der Waals surface area contributed by atoms with Crippen LogP contribution in [0, 0.1) is 6.92 Å². The number of hydrogen-bond acceptors (Lipinski definition) is 4. The number of aromatic nitrogens is 2. The molecule has 0 radical (unpaired) electrons. The molecule has 23 heavy (non-hydrogen) atoms. The molecule has 3 heterocycles. The van der Waals surface area contributed by atoms with Crippen molar-refractivity contribution in [3.8, 4) is 0 Å². The lowest BCUT2D eigenvalue weighted by Crippen LogP contribution is -2.39. The summed E-state index contributed by atoms with van der Waals surface area (Å²) in [7, 11) is 1.83. The van der Waals surface area contributed by atoms with E-state index >= 15 is 0 Å². The number of aryl methyl sites for hydroxylation is 2. The zero-order valence-corrected chi connectivity index (χ0v) is 14.2. The molecule has 124 valence electrons. The van der Waals surface area contributed by atoms with Crippen LogP contribution >= 0.6 is 11.3 Å². The first-order valence-electron chi connectivity index (χ1n) is 7.84. The molecule has 0 aliphatic carbocycles. The van der Waals surface area contributed by atoms with E-state index in [0.717, 1.165) is 35.6 Å². The lowest BCUT2D eigenvalue weighted by molar-refractivity contribution is 0.132. The number of rotatable bonds is 4. The molecule has 1 fully saturated rings. The quantitative estimate of drug-likeness (QED) is 0.903. The van der Waals surface area contributed by atoms with E-state index in [2.05, 4.69) is 10.4 Å². The van der Waals surface area contributed by atoms with Crippen molar-refractivity contribution >= 4 is 23.1 Å². The second-order valence-electron chi connectivity index (χ2n) is 5.99. The summed E-state index contributed by atoms with van der Waals surface area (Å²) >= 11 is 1.55. The molecule has 2 amide bonds. The summed E-state index contributed by atoms with van der Waals surface area (Å²) in [6, 6.07) is 3.84. The number of amides is 2. The Kier molecular flexibility index (Phi) is 4.68. The fourth-order valence-electron chi connectivity index (χ4n) is 3.11. The number of urea groups is 1. The Morgan fingerprint density at radius 1 is 1.61 bits per heavy atom. The lowest BCUT2D eigenvalue weighted by atomic mass is 10.1. The van der Waals surface area contributed by atoms with E-state index in [1.165, 1.54) is 0 Å². The summed E-state index contributed by atoms with van der Waals surface area (Å²) in [5.41, 5.74) is 1.54. The van der Waals surface area contributed by atoms with Gasteiger partial charge in [-0.2, -0.15) is 5.10 Å². The van der Waals surface area contributed by atoms with E-state index in [-0.39, 0.29) is 12.1 Å². The molecule has 0 spiro atoms. The second kappa shape index (κ2) is 6.72. The average Bonchev–Trinajstić information content (AvgIpc) is 3.21. The smallest absolute Gasteiger partial charge is 0.322 e. The van der Waals surface area contributed by atoms with Crippen LogP contribution in [-0.2, 0) is 7.05 Å². The molecule has 2 aromatic heterocycles. The van der Waals surface area contributed by atoms with Gasteiger partial charge in [-0.1, -0.05) is 6.07 Å². The van der Waals surface area contributed by atoms with Crippen molar-refractivity contribution in [1.29, 1.82) is 0 Å². The van der Waals surface area contributed by atoms with Gasteiger partial charge in [-0.3, -0.25) is 4.68 Å². The molecule has 3 rings (SSSR count). The molecule has 2 N–H and O–H groups in total. The molecule has 2 unspecified atom stereocenters. The maximum atomic E-state index is 12.6. The Morgan fingerprint density at radius 2 is 2.43 bits per heavy atom. The van der Waals surface area contributed by atoms with Gasteiger partial charge in [-0.25, -0.2) is 4.79 Å². The fourth-order valence-corrected chi connectivity index (χ4v) is 3.84. The Morgan fingerprint density at radius 3 is 3.09 bits per heavy atom. The van der Waals surface area contributed by atoms with Gasteiger partial charge in [0.25, 0.3) is 0 Å². The van der Waals surface area contributed by atoms with Crippen LogP contribution in [0.3, 0.4) is 0 Å². The topological polar surface area (TPSA) is 70.4 Å². The first-order chi connectivity index (χ1) is 11.0. The van der Waals surface area contributed by atoms with Crippen molar-refractivity contribution in [1.82, 2.24) is 14.7 Å². The Hall–Kier alpha value is -1.86. The van der Waals surface area contributed by atoms with Crippen molar-refractivity contribution in [2.24, 2.45) is 7.05 Å². The maximum absolute atomic E-state index is 12.6. The van der Waals surface area contributed by atoms with Gasteiger partial charge in [0.05, 0.1) is 17.5 Å². The summed E-state index contributed by atoms with van der Waals surface area (Å²) in [6.45, 7) is 2.60. The van der Waals surface area contributed by atoms with Crippen LogP contribution in [0.2, 0.25) is 0 Å². The summed E-state index contributed by atoms with van der Waals surface area (Å²) in [4.78, 5) is 15.3. The van der Waals surface area contributed by atoms with Crippen LogP contribution in [0.1, 0.15) is 35.9 Å². The number of likely N-dealkylation sites (tertiary alicyclic amines) is 1. The molecule has 1 saturated heterocycles. The van der Waals surface area contributed by atoms with Crippen LogP contribution in [0.5, 0.6) is 0 Å². The second-order valence-corrected chi connectivity index (χ2v) is 6.97. The van der Waals surface area contributed by atoms with Gasteiger partial charge < -0.3 is 15.3 Å². The number of nitrogens with zero attached hydrogens (tertiary/aromatic N) is 3. The van der Waals surface area contributed by atoms with E-state index in [1.54, 1.807) is 22.2 Å². The van der Waals surface area contributed by atoms with Crippen molar-refractivity contribution in [2.45, 2.75) is 38.3 Å². The molecule has 0 aromatic carbocycles. The molecule has 6 nitrogen and oxygen atoms in total. The van der Waals surface area contributed by atoms with Gasteiger partial charge in [0.2, 0.25) is 0 Å². The third-order valence-electron chi connectivity index (χ3n) is 4.26. The number of aliphatic hydroxyl groups is 1. The van der Waals surface area contributed by atoms with Crippen molar-refractivity contribution in [2.75, 3.05) is 11.9 Å². The number of carbonyl (C=O) groups is 1. The van der Waals surface area contributed by atoms with Gasteiger partial charge in [0.15, 0.2) is 0 Å². The van der Waals surface area contributed by atoms with Gasteiger partial charge in [-0.05, 0) is 37.6 Å². The molecule has 2 atom stereocenters. The summed E-state index contributed by atoms with van der Waals surface area (Å²) in [5.74, 6) is 0. The predicted octanol–water partition coefficient (Wildman–Crippen LogP) is 2.91. The Bertz CT molecular complexity index is 668. The zero-order valence-electron chi connectivity index (χ0n) is 13.4. The maximum Gasteiger partial charge on any atom is 0.322 e. The highest BCUT2D eigenvalue weighted by molar-refractivity contribution is 7.10. The van der Waals surface area contributed by atoms with Gasteiger partial charge in [0.1, 0.15) is 0 Å². The minimum absolute atomic E-state index is 0.0732. The van der Waals surface area contributed by atoms with E-state index in [4.69, 9.17) is 0 Å². The highest BCUT2D eigenvalue weighted by Gasteiger charge is 2.31. The van der Waals surface area contributed by atoms with Crippen molar-refractivity contribution in [3.05, 3.63) is 34.3 Å². The number of hydrogen-bond donors (Lipinski definition) is 2. The monoisotopic (exact) mass is 334 g/mol. The third-order valence-corrected chi connectivity index (χ3v) is 5.23. The van der Waals surface area contributed by atoms with Crippen LogP contribution in [0.4, 0.5) is 10.5 Å². The molecule has 1 aliphatic rings. The summed E-state index contributed by atoms with van der Waals surface area (Å²) in [5, 5.41) is 19.5. The van der Waals surface area contributed by atoms with E-state index in [1.807, 2.05) is 36.4 Å².